The van der Waals surface area contributed by atoms with Crippen LogP contribution in [0.25, 0.3) is 11.3 Å². The highest BCUT2D eigenvalue weighted by Gasteiger charge is 2.29. The zero-order chi connectivity index (χ0) is 19.5. The maximum atomic E-state index is 13.3. The predicted octanol–water partition coefficient (Wildman–Crippen LogP) is 3.54. The largest absolute Gasteiger partial charge is 0.333 e. The molecule has 1 aromatic carbocycles. The third-order valence-electron chi connectivity index (χ3n) is 5.07. The number of piperazine rings is 1. The predicted molar refractivity (Wildman–Crippen MR) is 112 cm³/mol. The average molecular weight is 393 g/mol. The van der Waals surface area contributed by atoms with E-state index in [1.165, 1.54) is 5.56 Å². The Hall–Kier alpha value is -2.57. The van der Waals surface area contributed by atoms with Gasteiger partial charge in [0.15, 0.2) is 0 Å². The zero-order valence-corrected chi connectivity index (χ0v) is 17.0. The number of aromatic nitrogens is 2. The van der Waals surface area contributed by atoms with Crippen LogP contribution in [0.1, 0.15) is 27.1 Å². The lowest BCUT2D eigenvalue weighted by Crippen LogP contribution is -2.49. The van der Waals surface area contributed by atoms with Crippen LogP contribution in [-0.4, -0.2) is 40.4 Å². The molecule has 1 unspecified atom stereocenters. The van der Waals surface area contributed by atoms with Gasteiger partial charge in [0.2, 0.25) is 5.91 Å². The number of pyridine rings is 1. The van der Waals surface area contributed by atoms with E-state index in [-0.39, 0.29) is 11.9 Å². The van der Waals surface area contributed by atoms with Crippen LogP contribution in [-0.2, 0) is 11.2 Å². The van der Waals surface area contributed by atoms with E-state index >= 15 is 0 Å². The van der Waals surface area contributed by atoms with E-state index in [2.05, 4.69) is 41.5 Å². The molecule has 1 aliphatic heterocycles. The van der Waals surface area contributed by atoms with Gasteiger partial charge in [0.05, 0.1) is 23.2 Å². The molecule has 1 N–H and O–H groups in total. The Kier molecular flexibility index (Phi) is 5.50. The van der Waals surface area contributed by atoms with Gasteiger partial charge in [0.25, 0.3) is 0 Å². The number of carbonyl (C=O) groups is 1. The second-order valence-electron chi connectivity index (χ2n) is 7.14. The van der Waals surface area contributed by atoms with Crippen molar-refractivity contribution in [1.29, 1.82) is 0 Å². The minimum atomic E-state index is 0.0202. The number of hydrogen-bond acceptors (Lipinski definition) is 5. The van der Waals surface area contributed by atoms with E-state index in [9.17, 15) is 4.79 Å². The summed E-state index contributed by atoms with van der Waals surface area (Å²) >= 11 is 1.62. The number of thiazole rings is 1. The van der Waals surface area contributed by atoms with Gasteiger partial charge in [-0.1, -0.05) is 35.9 Å². The van der Waals surface area contributed by atoms with Gasteiger partial charge in [-0.2, -0.15) is 0 Å². The first kappa shape index (κ1) is 18.8. The maximum Gasteiger partial charge on any atom is 0.228 e. The Morgan fingerprint density at radius 2 is 2.07 bits per heavy atom. The van der Waals surface area contributed by atoms with E-state index in [0.717, 1.165) is 39.8 Å². The van der Waals surface area contributed by atoms with E-state index in [4.69, 9.17) is 4.98 Å². The molecule has 1 fully saturated rings. The van der Waals surface area contributed by atoms with Crippen LogP contribution < -0.4 is 5.32 Å². The molecule has 0 saturated carbocycles. The third-order valence-corrected chi connectivity index (χ3v) is 6.04. The maximum absolute atomic E-state index is 13.3. The number of nitrogens with one attached hydrogen (secondary N) is 1. The summed E-state index contributed by atoms with van der Waals surface area (Å²) in [4.78, 5) is 25.2. The number of nitrogens with zero attached hydrogens (tertiary/aromatic N) is 3. The molecule has 6 heteroatoms. The Labute approximate surface area is 169 Å². The number of hydrogen-bond donors (Lipinski definition) is 1. The van der Waals surface area contributed by atoms with E-state index in [0.29, 0.717) is 13.0 Å². The quantitative estimate of drug-likeness (QED) is 0.738. The Bertz CT molecular complexity index is 952. The van der Waals surface area contributed by atoms with Gasteiger partial charge in [-0.05, 0) is 25.5 Å². The zero-order valence-electron chi connectivity index (χ0n) is 16.2. The van der Waals surface area contributed by atoms with E-state index < -0.39 is 0 Å². The van der Waals surface area contributed by atoms with Crippen LogP contribution in [0.5, 0.6) is 0 Å². The third kappa shape index (κ3) is 3.98. The first-order chi connectivity index (χ1) is 13.6. The summed E-state index contributed by atoms with van der Waals surface area (Å²) in [6, 6.07) is 12.3. The van der Waals surface area contributed by atoms with Crippen molar-refractivity contribution >= 4 is 17.2 Å². The van der Waals surface area contributed by atoms with Crippen LogP contribution in [0.3, 0.4) is 0 Å². The average Bonchev–Trinajstić information content (AvgIpc) is 3.09. The lowest BCUT2D eigenvalue weighted by atomic mass is 10.0. The molecule has 0 bridgehead atoms. The molecule has 1 saturated heterocycles. The van der Waals surface area contributed by atoms with Crippen LogP contribution in [0.2, 0.25) is 0 Å². The fraction of sp³-hybridized carbons (Fsp3) is 0.318. The molecule has 3 heterocycles. The van der Waals surface area contributed by atoms with Crippen molar-refractivity contribution in [2.45, 2.75) is 26.3 Å². The van der Waals surface area contributed by atoms with Crippen LogP contribution in [0, 0.1) is 13.8 Å². The van der Waals surface area contributed by atoms with E-state index in [1.807, 2.05) is 30.2 Å². The molecule has 28 heavy (non-hydrogen) atoms. The summed E-state index contributed by atoms with van der Waals surface area (Å²) in [5.41, 5.74) is 4.29. The second kappa shape index (κ2) is 8.20. The van der Waals surface area contributed by atoms with Crippen molar-refractivity contribution in [3.05, 3.63) is 69.8 Å². The summed E-state index contributed by atoms with van der Waals surface area (Å²) in [6.45, 7) is 6.35. The highest BCUT2D eigenvalue weighted by molar-refractivity contribution is 7.12. The molecule has 1 amide bonds. The normalized spacial score (nSPS) is 16.9. The van der Waals surface area contributed by atoms with Crippen molar-refractivity contribution in [2.24, 2.45) is 0 Å². The Morgan fingerprint density at radius 1 is 1.25 bits per heavy atom. The molecule has 0 spiro atoms. The number of amides is 1. The second-order valence-corrected chi connectivity index (χ2v) is 8.43. The lowest BCUT2D eigenvalue weighted by Gasteiger charge is -2.36. The van der Waals surface area contributed by atoms with E-state index in [1.54, 1.807) is 17.5 Å². The topological polar surface area (TPSA) is 58.1 Å². The lowest BCUT2D eigenvalue weighted by molar-refractivity contribution is -0.133. The molecule has 1 atom stereocenters. The van der Waals surface area contributed by atoms with Crippen molar-refractivity contribution in [1.82, 2.24) is 20.2 Å². The van der Waals surface area contributed by atoms with Gasteiger partial charge in [0, 0.05) is 42.5 Å². The van der Waals surface area contributed by atoms with Crippen LogP contribution >= 0.6 is 11.3 Å². The summed E-state index contributed by atoms with van der Waals surface area (Å²) in [5, 5.41) is 4.39. The van der Waals surface area contributed by atoms with Gasteiger partial charge in [-0.15, -0.1) is 11.3 Å². The minimum absolute atomic E-state index is 0.0202. The minimum Gasteiger partial charge on any atom is -0.333 e. The first-order valence-electron chi connectivity index (χ1n) is 9.55. The molecule has 0 radical (unpaired) electrons. The standard InChI is InChI=1S/C22H24N4OS/c1-15-5-7-17(8-6-15)22-20(28-16(2)25-22)12-21(27)26-11-10-24-14-19(26)18-4-3-9-23-13-18/h3-9,13,19,24H,10-12,14H2,1-2H3. The van der Waals surface area contributed by atoms with Crippen molar-refractivity contribution in [3.8, 4) is 11.3 Å². The number of benzene rings is 1. The molecule has 1 aliphatic rings. The molecule has 3 aromatic rings. The van der Waals surface area contributed by atoms with Crippen LogP contribution in [0.4, 0.5) is 0 Å². The summed E-state index contributed by atoms with van der Waals surface area (Å²) in [5.74, 6) is 0.146. The van der Waals surface area contributed by atoms with Gasteiger partial charge in [0.1, 0.15) is 0 Å². The van der Waals surface area contributed by atoms with Crippen molar-refractivity contribution in [2.75, 3.05) is 19.6 Å². The number of aryl methyl sites for hydroxylation is 2. The highest BCUT2D eigenvalue weighted by Crippen LogP contribution is 2.30. The number of carbonyl (C=O) groups excluding carboxylic acids is 1. The van der Waals surface area contributed by atoms with Gasteiger partial charge in [-0.25, -0.2) is 4.98 Å². The highest BCUT2D eigenvalue weighted by atomic mass is 32.1. The summed E-state index contributed by atoms with van der Waals surface area (Å²) < 4.78 is 0. The molecule has 4 rings (SSSR count). The Morgan fingerprint density at radius 3 is 2.82 bits per heavy atom. The fourth-order valence-electron chi connectivity index (χ4n) is 3.64. The molecule has 2 aromatic heterocycles. The molecular formula is C22H24N4OS. The smallest absolute Gasteiger partial charge is 0.228 e. The number of rotatable bonds is 4. The van der Waals surface area contributed by atoms with Crippen LogP contribution in [0.15, 0.2) is 48.8 Å². The van der Waals surface area contributed by atoms with Gasteiger partial charge < -0.3 is 10.2 Å². The molecular weight excluding hydrogens is 368 g/mol. The van der Waals surface area contributed by atoms with Crippen molar-refractivity contribution < 1.29 is 4.79 Å². The van der Waals surface area contributed by atoms with Gasteiger partial charge >= 0.3 is 0 Å². The molecule has 144 valence electrons. The fourth-order valence-corrected chi connectivity index (χ4v) is 4.59. The summed E-state index contributed by atoms with van der Waals surface area (Å²) in [6.07, 6.45) is 4.00. The van der Waals surface area contributed by atoms with Gasteiger partial charge in [-0.3, -0.25) is 9.78 Å². The SMILES string of the molecule is Cc1ccc(-c2nc(C)sc2CC(=O)N2CCNCC2c2cccnc2)cc1. The first-order valence-corrected chi connectivity index (χ1v) is 10.4. The monoisotopic (exact) mass is 392 g/mol. The Balaban J connectivity index is 1.58. The van der Waals surface area contributed by atoms with Crippen molar-refractivity contribution in [3.63, 3.8) is 0 Å². The molecule has 5 nitrogen and oxygen atoms in total. The molecule has 0 aliphatic carbocycles. The summed E-state index contributed by atoms with van der Waals surface area (Å²) in [7, 11) is 0.